The molecule has 2 rings (SSSR count). The van der Waals surface area contributed by atoms with Gasteiger partial charge in [0, 0.05) is 31.7 Å². The van der Waals surface area contributed by atoms with Crippen molar-refractivity contribution in [3.8, 4) is 5.75 Å². The smallest absolute Gasteiger partial charge is 0.253 e. The monoisotopic (exact) mass is 326 g/mol. The molecule has 0 aromatic heterocycles. The number of likely N-dealkylation sites (N-methyl/N-ethyl adjacent to an activating group) is 1. The van der Waals surface area contributed by atoms with Gasteiger partial charge in [0.15, 0.2) is 0 Å². The summed E-state index contributed by atoms with van der Waals surface area (Å²) in [6.45, 7) is 6.72. The zero-order valence-electron chi connectivity index (χ0n) is 11.4. The van der Waals surface area contributed by atoms with E-state index in [4.69, 9.17) is 4.74 Å². The summed E-state index contributed by atoms with van der Waals surface area (Å²) in [5.74, 6) is 0.839. The van der Waals surface area contributed by atoms with Crippen molar-refractivity contribution in [1.82, 2.24) is 9.80 Å². The number of methoxy groups -OCH3 is 1. The molecular weight excluding hydrogens is 308 g/mol. The molecule has 1 heterocycles. The maximum absolute atomic E-state index is 12.4. The van der Waals surface area contributed by atoms with Gasteiger partial charge < -0.3 is 14.5 Å². The fourth-order valence-electron chi connectivity index (χ4n) is 2.25. The third-order valence-electron chi connectivity index (χ3n) is 3.51. The lowest BCUT2D eigenvalue weighted by atomic mass is 10.1. The fourth-order valence-corrected chi connectivity index (χ4v) is 2.79. The minimum atomic E-state index is 0.0964. The van der Waals surface area contributed by atoms with E-state index in [9.17, 15) is 4.79 Å². The van der Waals surface area contributed by atoms with Crippen LogP contribution in [-0.2, 0) is 0 Å². The largest absolute Gasteiger partial charge is 0.496 e. The molecule has 0 bridgehead atoms. The van der Waals surface area contributed by atoms with Crippen LogP contribution in [0.3, 0.4) is 0 Å². The predicted molar refractivity (Wildman–Crippen MR) is 78.7 cm³/mol. The molecule has 1 aliphatic rings. The van der Waals surface area contributed by atoms with Crippen LogP contribution in [0.25, 0.3) is 0 Å². The number of hydrogen-bond donors (Lipinski definition) is 0. The molecule has 0 radical (unpaired) electrons. The number of halogens is 1. The van der Waals surface area contributed by atoms with E-state index in [-0.39, 0.29) is 5.91 Å². The van der Waals surface area contributed by atoms with E-state index < -0.39 is 0 Å². The number of carbonyl (C=O) groups excluding carboxylic acids is 1. The van der Waals surface area contributed by atoms with Crippen LogP contribution in [0.4, 0.5) is 0 Å². The molecule has 0 saturated carbocycles. The topological polar surface area (TPSA) is 32.8 Å². The zero-order valence-corrected chi connectivity index (χ0v) is 12.9. The van der Waals surface area contributed by atoms with Crippen molar-refractivity contribution in [2.45, 2.75) is 6.92 Å². The van der Waals surface area contributed by atoms with Crippen LogP contribution in [0.5, 0.6) is 5.75 Å². The highest BCUT2D eigenvalue weighted by Gasteiger charge is 2.21. The molecule has 0 unspecified atom stereocenters. The summed E-state index contributed by atoms with van der Waals surface area (Å²) in [6, 6.07) is 5.46. The summed E-state index contributed by atoms with van der Waals surface area (Å²) in [5.41, 5.74) is 0.706. The van der Waals surface area contributed by atoms with Crippen molar-refractivity contribution >= 4 is 21.8 Å². The standard InChI is InChI=1S/C14H19BrN2O2/c1-3-16-6-8-17(9-7-16)14(18)11-4-5-13(19-2)12(15)10-11/h4-5,10H,3,6-9H2,1-2H3. The maximum atomic E-state index is 12.4. The van der Waals surface area contributed by atoms with E-state index in [1.165, 1.54) is 0 Å². The van der Waals surface area contributed by atoms with Crippen molar-refractivity contribution in [1.29, 1.82) is 0 Å². The minimum Gasteiger partial charge on any atom is -0.496 e. The molecule has 1 aromatic carbocycles. The first-order chi connectivity index (χ1) is 9.15. The highest BCUT2D eigenvalue weighted by molar-refractivity contribution is 9.10. The Hall–Kier alpha value is -1.07. The van der Waals surface area contributed by atoms with E-state index in [0.29, 0.717) is 5.56 Å². The van der Waals surface area contributed by atoms with Crippen molar-refractivity contribution in [3.05, 3.63) is 28.2 Å². The molecule has 1 saturated heterocycles. The van der Waals surface area contributed by atoms with Gasteiger partial charge in [-0.05, 0) is 40.7 Å². The van der Waals surface area contributed by atoms with Crippen LogP contribution in [-0.4, -0.2) is 55.5 Å². The quantitative estimate of drug-likeness (QED) is 0.854. The van der Waals surface area contributed by atoms with Gasteiger partial charge in [0.1, 0.15) is 5.75 Å². The zero-order chi connectivity index (χ0) is 13.8. The Kier molecular flexibility index (Phi) is 4.82. The Morgan fingerprint density at radius 2 is 2.00 bits per heavy atom. The SMILES string of the molecule is CCN1CCN(C(=O)c2ccc(OC)c(Br)c2)CC1. The Bertz CT molecular complexity index is 457. The van der Waals surface area contributed by atoms with Gasteiger partial charge in [-0.3, -0.25) is 4.79 Å². The first-order valence-corrected chi connectivity index (χ1v) is 7.30. The van der Waals surface area contributed by atoms with Crippen LogP contribution >= 0.6 is 15.9 Å². The molecule has 1 amide bonds. The van der Waals surface area contributed by atoms with E-state index in [1.807, 2.05) is 23.1 Å². The van der Waals surface area contributed by atoms with E-state index in [2.05, 4.69) is 27.8 Å². The number of hydrogen-bond acceptors (Lipinski definition) is 3. The second-order valence-electron chi connectivity index (χ2n) is 4.58. The van der Waals surface area contributed by atoms with Crippen molar-refractivity contribution in [3.63, 3.8) is 0 Å². The highest BCUT2D eigenvalue weighted by atomic mass is 79.9. The third kappa shape index (κ3) is 3.28. The van der Waals surface area contributed by atoms with Crippen molar-refractivity contribution < 1.29 is 9.53 Å². The molecule has 1 fully saturated rings. The molecule has 0 spiro atoms. The van der Waals surface area contributed by atoms with Gasteiger partial charge >= 0.3 is 0 Å². The number of benzene rings is 1. The summed E-state index contributed by atoms with van der Waals surface area (Å²) in [7, 11) is 1.62. The molecule has 0 aliphatic carbocycles. The maximum Gasteiger partial charge on any atom is 0.253 e. The predicted octanol–water partition coefficient (Wildman–Crippen LogP) is 2.24. The molecule has 1 aromatic rings. The number of ether oxygens (including phenoxy) is 1. The lowest BCUT2D eigenvalue weighted by Crippen LogP contribution is -2.48. The van der Waals surface area contributed by atoms with Gasteiger partial charge in [-0.25, -0.2) is 0 Å². The lowest BCUT2D eigenvalue weighted by Gasteiger charge is -2.34. The average molecular weight is 327 g/mol. The number of amides is 1. The second-order valence-corrected chi connectivity index (χ2v) is 5.43. The van der Waals surface area contributed by atoms with Gasteiger partial charge in [0.2, 0.25) is 0 Å². The summed E-state index contributed by atoms with van der Waals surface area (Å²) in [4.78, 5) is 16.7. The number of rotatable bonds is 3. The van der Waals surface area contributed by atoms with E-state index in [0.717, 1.165) is 42.9 Å². The molecule has 0 atom stereocenters. The summed E-state index contributed by atoms with van der Waals surface area (Å²) in [5, 5.41) is 0. The number of carbonyl (C=O) groups is 1. The van der Waals surface area contributed by atoms with Crippen molar-refractivity contribution in [2.75, 3.05) is 39.8 Å². The molecular formula is C14H19BrN2O2. The Balaban J connectivity index is 2.06. The van der Waals surface area contributed by atoms with E-state index >= 15 is 0 Å². The Morgan fingerprint density at radius 1 is 1.32 bits per heavy atom. The van der Waals surface area contributed by atoms with Crippen LogP contribution in [0, 0.1) is 0 Å². The Morgan fingerprint density at radius 3 is 2.53 bits per heavy atom. The van der Waals surface area contributed by atoms with Crippen LogP contribution < -0.4 is 4.74 Å². The molecule has 0 N–H and O–H groups in total. The van der Waals surface area contributed by atoms with Gasteiger partial charge in [0.05, 0.1) is 11.6 Å². The molecule has 1 aliphatic heterocycles. The average Bonchev–Trinajstić information content (AvgIpc) is 2.46. The fraction of sp³-hybridized carbons (Fsp3) is 0.500. The molecule has 4 nitrogen and oxygen atoms in total. The van der Waals surface area contributed by atoms with Gasteiger partial charge in [-0.15, -0.1) is 0 Å². The number of nitrogens with zero attached hydrogens (tertiary/aromatic N) is 2. The van der Waals surface area contributed by atoms with Gasteiger partial charge in [0.25, 0.3) is 5.91 Å². The number of piperazine rings is 1. The van der Waals surface area contributed by atoms with Gasteiger partial charge in [-0.1, -0.05) is 6.92 Å². The molecule has 5 heteroatoms. The summed E-state index contributed by atoms with van der Waals surface area (Å²) >= 11 is 3.42. The van der Waals surface area contributed by atoms with Crippen LogP contribution in [0.2, 0.25) is 0 Å². The Labute approximate surface area is 122 Å². The van der Waals surface area contributed by atoms with Crippen LogP contribution in [0.1, 0.15) is 17.3 Å². The molecule has 104 valence electrons. The summed E-state index contributed by atoms with van der Waals surface area (Å²) < 4.78 is 5.99. The van der Waals surface area contributed by atoms with Crippen molar-refractivity contribution in [2.24, 2.45) is 0 Å². The van der Waals surface area contributed by atoms with E-state index in [1.54, 1.807) is 7.11 Å². The normalized spacial score (nSPS) is 16.5. The summed E-state index contributed by atoms with van der Waals surface area (Å²) in [6.07, 6.45) is 0. The highest BCUT2D eigenvalue weighted by Crippen LogP contribution is 2.26. The minimum absolute atomic E-state index is 0.0964. The third-order valence-corrected chi connectivity index (χ3v) is 4.13. The second kappa shape index (κ2) is 6.39. The lowest BCUT2D eigenvalue weighted by molar-refractivity contribution is 0.0643. The molecule has 19 heavy (non-hydrogen) atoms. The van der Waals surface area contributed by atoms with Crippen LogP contribution in [0.15, 0.2) is 22.7 Å². The first-order valence-electron chi connectivity index (χ1n) is 6.51. The first kappa shape index (κ1) is 14.3. The van der Waals surface area contributed by atoms with Gasteiger partial charge in [-0.2, -0.15) is 0 Å².